The van der Waals surface area contributed by atoms with Gasteiger partial charge in [0, 0.05) is 137 Å². The van der Waals surface area contributed by atoms with Crippen LogP contribution in [-0.2, 0) is 249 Å². The molecule has 7 aliphatic heterocycles. The van der Waals surface area contributed by atoms with Crippen molar-refractivity contribution in [2.24, 2.45) is 5.92 Å². The average molecular weight is 1980 g/mol. The van der Waals surface area contributed by atoms with E-state index in [-0.39, 0.29) is 5.75 Å². The molecule has 32 atom stereocenters. The van der Waals surface area contributed by atoms with Crippen LogP contribution in [0.5, 0.6) is 5.75 Å². The van der Waals surface area contributed by atoms with Crippen molar-refractivity contribution in [3.05, 3.63) is 29.8 Å². The Morgan fingerprint density at radius 3 is 0.739 bits per heavy atom. The Bertz CT molecular complexity index is 4460. The van der Waals surface area contributed by atoms with Crippen molar-refractivity contribution in [1.29, 1.82) is 0 Å². The zero-order valence-corrected chi connectivity index (χ0v) is 78.3. The number of aliphatic hydroxyl groups is 1. The first kappa shape index (κ1) is 112. The van der Waals surface area contributed by atoms with Crippen molar-refractivity contribution in [3.8, 4) is 5.75 Å². The Hall–Kier alpha value is -11.6. The number of hydrogen-bond acceptors (Lipinski definition) is 53. The molecule has 53 heteroatoms. The predicted molar refractivity (Wildman–Crippen MR) is 431 cm³/mol. The van der Waals surface area contributed by atoms with Gasteiger partial charge in [-0.15, -0.1) is 0 Å². The lowest BCUT2D eigenvalue weighted by molar-refractivity contribution is -0.390. The van der Waals surface area contributed by atoms with Gasteiger partial charge in [0.2, 0.25) is 12.4 Å². The summed E-state index contributed by atoms with van der Waals surface area (Å²) < 4.78 is 200. The first-order valence-electron chi connectivity index (χ1n) is 42.8. The highest BCUT2D eigenvalue weighted by Gasteiger charge is 2.63. The summed E-state index contributed by atoms with van der Waals surface area (Å²) in [5.74, 6) is -22.9. The van der Waals surface area contributed by atoms with Crippen LogP contribution in [0.4, 0.5) is 0 Å². The normalized spacial score (nSPS) is 32.8. The van der Waals surface area contributed by atoms with Gasteiger partial charge in [0.05, 0.1) is 59.5 Å². The average Bonchev–Trinajstić information content (AvgIpc) is 0.766. The first-order chi connectivity index (χ1) is 65.0. The fourth-order valence-corrected chi connectivity index (χ4v) is 15.7. The lowest BCUT2D eigenvalue weighted by Gasteiger charge is -2.51. The molecule has 53 nitrogen and oxygen atoms in total. The molecule has 1 aromatic carbocycles. The molecular weight excluding hydrogens is 1870 g/mol. The molecule has 7 heterocycles. The fraction of sp³-hybridized carbons (Fsp3) is 0.706. The second kappa shape index (κ2) is 51.9. The maximum Gasteiger partial charge on any atom is 0.303 e. The molecular formula is C85H112O53. The molecule has 0 amide bonds. The van der Waals surface area contributed by atoms with E-state index in [0.29, 0.717) is 5.56 Å². The number of carbonyl (C=O) groups excluding carboxylic acids is 19. The maximum atomic E-state index is 14.3. The second-order valence-electron chi connectivity index (χ2n) is 31.8. The van der Waals surface area contributed by atoms with Crippen LogP contribution in [0.2, 0.25) is 0 Å². The molecule has 0 aromatic heterocycles. The topological polar surface area (TPSA) is 649 Å². The number of ether oxygens (including phenoxy) is 33. The van der Waals surface area contributed by atoms with Crippen LogP contribution in [0, 0.1) is 5.92 Å². The van der Waals surface area contributed by atoms with E-state index in [0.717, 1.165) is 132 Å². The third kappa shape index (κ3) is 32.8. The molecule has 7 saturated heterocycles. The van der Waals surface area contributed by atoms with Gasteiger partial charge in [-0.05, 0) is 17.7 Å². The monoisotopic (exact) mass is 1980 g/mol. The predicted octanol–water partition coefficient (Wildman–Crippen LogP) is -1.69. The van der Waals surface area contributed by atoms with Gasteiger partial charge in [0.15, 0.2) is 142 Å². The minimum atomic E-state index is -2.61. The van der Waals surface area contributed by atoms with E-state index < -0.39 is 369 Å². The minimum Gasteiger partial charge on any atom is -0.465 e. The summed E-state index contributed by atoms with van der Waals surface area (Å²) in [6.07, 6.45) is -64.7. The summed E-state index contributed by atoms with van der Waals surface area (Å²) in [5.41, 5.74) is 0.401. The number of benzene rings is 1. The number of rotatable bonds is 38. The highest BCUT2D eigenvalue weighted by atomic mass is 16.8. The third-order valence-electron chi connectivity index (χ3n) is 20.3. The van der Waals surface area contributed by atoms with Gasteiger partial charge < -0.3 is 161 Å². The van der Waals surface area contributed by atoms with Gasteiger partial charge in [-0.25, -0.2) is 0 Å². The zero-order chi connectivity index (χ0) is 102. The lowest BCUT2D eigenvalue weighted by atomic mass is 9.94. The van der Waals surface area contributed by atoms with E-state index in [9.17, 15) is 96.2 Å². The molecule has 0 bridgehead atoms. The molecule has 0 radical (unpaired) electrons. The number of hydrogen-bond donors (Lipinski definition) is 1. The first-order valence-corrected chi connectivity index (χ1v) is 42.8. The molecule has 18 unspecified atom stereocenters. The van der Waals surface area contributed by atoms with E-state index in [2.05, 4.69) is 0 Å². The molecule has 0 aliphatic carbocycles. The van der Waals surface area contributed by atoms with Gasteiger partial charge in [-0.2, -0.15) is 0 Å². The highest BCUT2D eigenvalue weighted by molar-refractivity contribution is 5.73. The number of carbonyl (C=O) groups is 19. The molecule has 7 aliphatic rings. The Labute approximate surface area is 786 Å². The Kier molecular flexibility index (Phi) is 42.0. The van der Waals surface area contributed by atoms with E-state index in [4.69, 9.17) is 156 Å². The summed E-state index contributed by atoms with van der Waals surface area (Å²) in [4.78, 5) is 254. The standard InChI is InChI=1S/C85H112O53/c1-33(87)106-25-53-26-107-82(132-54-22-20-52(24-86)21-23-54)75(128-48(16)102)68(121-41(9)95)61(53)136-83-77(130-50(18)104)70(123-43(11)97)63(59(134-83)31-112-80-73(126-46(14)100)66(119-39(7)93)56(28-109-80)115-35(3)89)138-85-78(131-51(19)105)71(124-44(12)98)64(60(135-85)32-113-81-74(127-47(15)101)67(120-40(8)94)57(29-110-81)116-36(4)90)137-84-76(129-49(17)103)69(122-42(10)96)62(117-37(5)91)58(133-84)30-111-79-72(125-45(13)99)65(118-38(6)92)55(27-108-79)114-34(2)88/h20-23,53,55-86H,24-32H2,1-19H3/t53?,55-,56-,57-,58?,59?,60?,61-,62-,63-,64-,65?,66?,67?,68?,69?,70?,71?,72?,73?,74?,75?,76?,77?,78?,79-,80-,81-,82+,83+,84+,85+/m1/s1. The van der Waals surface area contributed by atoms with Crippen LogP contribution in [0.3, 0.4) is 0 Å². The van der Waals surface area contributed by atoms with Gasteiger partial charge in [0.1, 0.15) is 42.4 Å². The summed E-state index contributed by atoms with van der Waals surface area (Å²) in [7, 11) is 0. The van der Waals surface area contributed by atoms with Gasteiger partial charge in [-0.3, -0.25) is 91.1 Å². The number of aliphatic hydroxyl groups excluding tert-OH is 1. The van der Waals surface area contributed by atoms with Crippen LogP contribution in [-0.4, -0.2) is 362 Å². The van der Waals surface area contributed by atoms with Crippen molar-refractivity contribution in [3.63, 3.8) is 0 Å². The lowest BCUT2D eigenvalue weighted by Crippen LogP contribution is -2.69. The zero-order valence-electron chi connectivity index (χ0n) is 78.3. The van der Waals surface area contributed by atoms with Crippen LogP contribution in [0.15, 0.2) is 24.3 Å². The van der Waals surface area contributed by atoms with E-state index in [1.54, 1.807) is 0 Å². The molecule has 8 rings (SSSR count). The molecule has 0 spiro atoms. The Balaban J connectivity index is 1.39. The van der Waals surface area contributed by atoms with Crippen molar-refractivity contribution >= 4 is 113 Å². The van der Waals surface area contributed by atoms with Crippen molar-refractivity contribution in [1.82, 2.24) is 0 Å². The highest BCUT2D eigenvalue weighted by Crippen LogP contribution is 2.43. The molecule has 0 saturated carbocycles. The van der Waals surface area contributed by atoms with Crippen molar-refractivity contribution in [2.75, 3.05) is 52.9 Å². The summed E-state index contributed by atoms with van der Waals surface area (Å²) in [5, 5.41) is 9.90. The van der Waals surface area contributed by atoms with E-state index in [1.807, 2.05) is 0 Å². The van der Waals surface area contributed by atoms with Crippen molar-refractivity contribution in [2.45, 2.75) is 329 Å². The SMILES string of the molecule is CC(=O)OCC1CO[C@@H](Oc2ccc(CO)cc2)C(OC(C)=O)C(OC(C)=O)[C@@H]1O[C@@H]1OC(CO[C@H]2OC[C@@H](OC(C)=O)C(OC(C)=O)C2OC(C)=O)[C@@H](O[C@@H]2OC(CO[C@H]3OC[C@@H](OC(C)=O)C(OC(C)=O)C3OC(C)=O)[C@@H](O[C@@H]3OC(CO[C@H]4OC[C@@H](OC(C)=O)C(OC(C)=O)C4OC(C)=O)[C@@H](OC(C)=O)C(OC(C)=O)C3OC(C)=O)C(OC(C)=O)C2OC(C)=O)C(OC(C)=O)C1OC(C)=O. The largest absolute Gasteiger partial charge is 0.465 e. The Morgan fingerprint density at radius 1 is 0.239 bits per heavy atom. The fourth-order valence-electron chi connectivity index (χ4n) is 15.7. The second-order valence-corrected chi connectivity index (χ2v) is 31.8. The van der Waals surface area contributed by atoms with Gasteiger partial charge >= 0.3 is 113 Å². The molecule has 138 heavy (non-hydrogen) atoms. The quantitative estimate of drug-likeness (QED) is 0.0570. The maximum absolute atomic E-state index is 14.3. The molecule has 770 valence electrons. The van der Waals surface area contributed by atoms with Gasteiger partial charge in [0.25, 0.3) is 0 Å². The third-order valence-corrected chi connectivity index (χ3v) is 20.3. The van der Waals surface area contributed by atoms with Crippen LogP contribution in [0.1, 0.15) is 137 Å². The smallest absolute Gasteiger partial charge is 0.303 e. The summed E-state index contributed by atoms with van der Waals surface area (Å²) in [6, 6.07) is 5.66. The van der Waals surface area contributed by atoms with E-state index in [1.165, 1.54) is 24.3 Å². The van der Waals surface area contributed by atoms with Crippen LogP contribution >= 0.6 is 0 Å². The molecule has 1 N–H and O–H groups in total. The van der Waals surface area contributed by atoms with Crippen LogP contribution < -0.4 is 4.74 Å². The Morgan fingerprint density at radius 2 is 0.464 bits per heavy atom. The van der Waals surface area contributed by atoms with Crippen LogP contribution in [0.25, 0.3) is 0 Å². The number of esters is 19. The molecule has 7 fully saturated rings. The van der Waals surface area contributed by atoms with E-state index >= 15 is 0 Å². The molecule has 1 aromatic rings. The van der Waals surface area contributed by atoms with Gasteiger partial charge in [-0.1, -0.05) is 12.1 Å². The van der Waals surface area contributed by atoms with Crippen molar-refractivity contribution < 1.29 is 253 Å². The summed E-state index contributed by atoms with van der Waals surface area (Å²) in [6.45, 7) is 9.59. The minimum absolute atomic E-state index is 0.0143. The summed E-state index contributed by atoms with van der Waals surface area (Å²) >= 11 is 0.